The second-order valence-corrected chi connectivity index (χ2v) is 12.2. The average Bonchev–Trinajstić information content (AvgIpc) is 3.02. The molecular formula is C28H46O. The minimum Gasteiger partial charge on any atom is -0.393 e. The molecule has 0 heterocycles. The predicted molar refractivity (Wildman–Crippen MR) is 124 cm³/mol. The van der Waals surface area contributed by atoms with Crippen molar-refractivity contribution >= 4 is 0 Å². The van der Waals surface area contributed by atoms with E-state index in [4.69, 9.17) is 0 Å². The van der Waals surface area contributed by atoms with Gasteiger partial charge in [0.15, 0.2) is 0 Å². The summed E-state index contributed by atoms with van der Waals surface area (Å²) in [7, 11) is 0. The van der Waals surface area contributed by atoms with Gasteiger partial charge in [-0.05, 0) is 104 Å². The van der Waals surface area contributed by atoms with Gasteiger partial charge in [0.2, 0.25) is 0 Å². The van der Waals surface area contributed by atoms with E-state index in [1.807, 2.05) is 11.1 Å². The molecule has 1 N–H and O–H groups in total. The lowest BCUT2D eigenvalue weighted by atomic mass is 9.49. The van der Waals surface area contributed by atoms with E-state index in [1.54, 1.807) is 0 Å². The van der Waals surface area contributed by atoms with Crippen LogP contribution in [0.4, 0.5) is 0 Å². The molecule has 29 heavy (non-hydrogen) atoms. The third-order valence-corrected chi connectivity index (χ3v) is 10.2. The molecular weight excluding hydrogens is 352 g/mol. The Morgan fingerprint density at radius 3 is 2.52 bits per heavy atom. The van der Waals surface area contributed by atoms with Crippen LogP contribution in [0, 0.1) is 46.3 Å². The van der Waals surface area contributed by atoms with Gasteiger partial charge in [-0.1, -0.05) is 64.8 Å². The highest BCUT2D eigenvalue weighted by atomic mass is 16.3. The lowest BCUT2D eigenvalue weighted by Gasteiger charge is -2.56. The van der Waals surface area contributed by atoms with Crippen LogP contribution in [0.2, 0.25) is 0 Å². The molecule has 0 spiro atoms. The third kappa shape index (κ3) is 3.48. The predicted octanol–water partition coefficient (Wildman–Crippen LogP) is 7.55. The van der Waals surface area contributed by atoms with Crippen LogP contribution >= 0.6 is 0 Å². The van der Waals surface area contributed by atoms with Crippen molar-refractivity contribution in [1.29, 1.82) is 0 Å². The van der Waals surface area contributed by atoms with Crippen LogP contribution in [0.25, 0.3) is 0 Å². The molecule has 8 atom stereocenters. The summed E-state index contributed by atoms with van der Waals surface area (Å²) in [6.45, 7) is 14.7. The van der Waals surface area contributed by atoms with E-state index >= 15 is 0 Å². The Labute approximate surface area is 180 Å². The first-order valence-corrected chi connectivity index (χ1v) is 12.8. The van der Waals surface area contributed by atoms with E-state index < -0.39 is 0 Å². The normalized spacial score (nSPS) is 46.0. The molecule has 0 aromatic carbocycles. The van der Waals surface area contributed by atoms with Crippen molar-refractivity contribution < 1.29 is 5.11 Å². The zero-order valence-corrected chi connectivity index (χ0v) is 20.0. The monoisotopic (exact) mass is 398 g/mol. The molecule has 1 heteroatoms. The number of allylic oxidation sites excluding steroid dienone is 4. The first-order chi connectivity index (χ1) is 13.7. The molecule has 164 valence electrons. The van der Waals surface area contributed by atoms with Gasteiger partial charge in [0, 0.05) is 0 Å². The van der Waals surface area contributed by atoms with Crippen LogP contribution in [-0.2, 0) is 0 Å². The van der Waals surface area contributed by atoms with Gasteiger partial charge in [-0.2, -0.15) is 0 Å². The van der Waals surface area contributed by atoms with Gasteiger partial charge in [0.1, 0.15) is 0 Å². The minimum absolute atomic E-state index is 0.0709. The fourth-order valence-corrected chi connectivity index (χ4v) is 8.51. The molecule has 0 aromatic rings. The Balaban J connectivity index is 1.58. The number of rotatable bonds is 4. The standard InChI is InChI=1S/C28H46O/c1-18(2)8-7-9-19(3)22-12-13-24-21-10-11-23-20(4)26(29)15-17-28(23,6)25(21)14-16-27(22,24)5/h7,9,18-20,22-24,26,29H,8,10-17H2,1-6H3/t19-,20+,22-,23+,24+,26+,27-,28+/m1/s1. The van der Waals surface area contributed by atoms with E-state index in [1.165, 1.54) is 51.4 Å². The number of hydrogen-bond donors (Lipinski definition) is 1. The maximum absolute atomic E-state index is 10.5. The van der Waals surface area contributed by atoms with Crippen molar-refractivity contribution in [3.63, 3.8) is 0 Å². The van der Waals surface area contributed by atoms with Crippen molar-refractivity contribution in [1.82, 2.24) is 0 Å². The Hall–Kier alpha value is -0.560. The molecule has 0 bridgehead atoms. The maximum Gasteiger partial charge on any atom is 0.0569 e. The summed E-state index contributed by atoms with van der Waals surface area (Å²) in [4.78, 5) is 0. The van der Waals surface area contributed by atoms with E-state index in [-0.39, 0.29) is 6.10 Å². The Kier molecular flexibility index (Phi) is 5.86. The van der Waals surface area contributed by atoms with Crippen molar-refractivity contribution in [3.8, 4) is 0 Å². The molecule has 4 aliphatic rings. The summed E-state index contributed by atoms with van der Waals surface area (Å²) in [6.07, 6.45) is 16.6. The van der Waals surface area contributed by atoms with Gasteiger partial charge in [0.05, 0.1) is 6.10 Å². The summed E-state index contributed by atoms with van der Waals surface area (Å²) in [5.41, 5.74) is 4.62. The van der Waals surface area contributed by atoms with Gasteiger partial charge >= 0.3 is 0 Å². The van der Waals surface area contributed by atoms with Crippen LogP contribution in [0.15, 0.2) is 23.3 Å². The molecule has 0 amide bonds. The molecule has 2 saturated carbocycles. The van der Waals surface area contributed by atoms with Gasteiger partial charge in [-0.25, -0.2) is 0 Å². The summed E-state index contributed by atoms with van der Waals surface area (Å²) < 4.78 is 0. The summed E-state index contributed by atoms with van der Waals surface area (Å²) in [5.74, 6) is 4.32. The lowest BCUT2D eigenvalue weighted by molar-refractivity contribution is -0.0332. The van der Waals surface area contributed by atoms with E-state index in [0.29, 0.717) is 28.6 Å². The van der Waals surface area contributed by atoms with Crippen LogP contribution in [0.5, 0.6) is 0 Å². The fourth-order valence-electron chi connectivity index (χ4n) is 8.51. The fraction of sp³-hybridized carbons (Fsp3) is 0.857. The SMILES string of the molecule is CC(C)CC=C[C@@H](C)[C@H]1CC[C@H]2C3=C(CC[C@]12C)[C@@]1(C)CC[C@H](O)[C@@H](C)[C@@H]1CC3. The lowest BCUT2D eigenvalue weighted by Crippen LogP contribution is -2.49. The highest BCUT2D eigenvalue weighted by Gasteiger charge is 2.56. The second kappa shape index (κ2) is 7.85. The van der Waals surface area contributed by atoms with E-state index in [2.05, 4.69) is 53.7 Å². The zero-order valence-electron chi connectivity index (χ0n) is 20.0. The Morgan fingerprint density at radius 2 is 1.79 bits per heavy atom. The number of hydrogen-bond acceptors (Lipinski definition) is 1. The molecule has 1 nitrogen and oxygen atoms in total. The van der Waals surface area contributed by atoms with Gasteiger partial charge in [-0.3, -0.25) is 0 Å². The summed E-state index contributed by atoms with van der Waals surface area (Å²) in [5, 5.41) is 10.5. The highest BCUT2D eigenvalue weighted by Crippen LogP contribution is 2.66. The zero-order chi connectivity index (χ0) is 21.0. The molecule has 4 rings (SSSR count). The maximum atomic E-state index is 10.5. The topological polar surface area (TPSA) is 20.2 Å². The first kappa shape index (κ1) is 21.7. The average molecular weight is 399 g/mol. The summed E-state index contributed by atoms with van der Waals surface area (Å²) >= 11 is 0. The molecule has 0 unspecified atom stereocenters. The first-order valence-electron chi connectivity index (χ1n) is 12.8. The largest absolute Gasteiger partial charge is 0.393 e. The van der Waals surface area contributed by atoms with Crippen molar-refractivity contribution in [2.75, 3.05) is 0 Å². The number of aliphatic hydroxyl groups is 1. The molecule has 0 aromatic heterocycles. The molecule has 2 fully saturated rings. The molecule has 4 aliphatic carbocycles. The Morgan fingerprint density at radius 1 is 1.03 bits per heavy atom. The highest BCUT2D eigenvalue weighted by molar-refractivity contribution is 5.35. The van der Waals surface area contributed by atoms with E-state index in [9.17, 15) is 5.11 Å². The van der Waals surface area contributed by atoms with Crippen LogP contribution in [0.3, 0.4) is 0 Å². The molecule has 0 radical (unpaired) electrons. The molecule has 0 saturated heterocycles. The second-order valence-electron chi connectivity index (χ2n) is 12.2. The third-order valence-electron chi connectivity index (χ3n) is 10.2. The van der Waals surface area contributed by atoms with Gasteiger partial charge < -0.3 is 5.11 Å². The minimum atomic E-state index is -0.0709. The quantitative estimate of drug-likeness (QED) is 0.484. The number of aliphatic hydroxyl groups excluding tert-OH is 1. The molecule has 0 aliphatic heterocycles. The van der Waals surface area contributed by atoms with Crippen molar-refractivity contribution in [3.05, 3.63) is 23.3 Å². The van der Waals surface area contributed by atoms with Gasteiger partial charge in [0.25, 0.3) is 0 Å². The Bertz CT molecular complexity index is 672. The smallest absolute Gasteiger partial charge is 0.0569 e. The van der Waals surface area contributed by atoms with Crippen LogP contribution < -0.4 is 0 Å². The van der Waals surface area contributed by atoms with Crippen LogP contribution in [0.1, 0.15) is 99.3 Å². The van der Waals surface area contributed by atoms with Crippen LogP contribution in [-0.4, -0.2) is 11.2 Å². The van der Waals surface area contributed by atoms with Crippen molar-refractivity contribution in [2.24, 2.45) is 46.3 Å². The van der Waals surface area contributed by atoms with Crippen molar-refractivity contribution in [2.45, 2.75) is 105 Å². The number of fused-ring (bicyclic) bond motifs is 4. The van der Waals surface area contributed by atoms with E-state index in [0.717, 1.165) is 24.2 Å². The summed E-state index contributed by atoms with van der Waals surface area (Å²) in [6, 6.07) is 0. The van der Waals surface area contributed by atoms with Gasteiger partial charge in [-0.15, -0.1) is 0 Å².